The van der Waals surface area contributed by atoms with Crippen LogP contribution in [0.1, 0.15) is 22.6 Å². The average molecular weight is 320 g/mol. The van der Waals surface area contributed by atoms with Gasteiger partial charge in [0.1, 0.15) is 11.4 Å². The van der Waals surface area contributed by atoms with E-state index in [0.717, 1.165) is 22.4 Å². The van der Waals surface area contributed by atoms with Crippen LogP contribution in [0.25, 0.3) is 11.1 Å². The van der Waals surface area contributed by atoms with Gasteiger partial charge in [-0.3, -0.25) is 4.79 Å². The maximum absolute atomic E-state index is 12.0. The van der Waals surface area contributed by atoms with Crippen molar-refractivity contribution in [3.05, 3.63) is 69.5 Å². The molecule has 2 N–H and O–H groups in total. The second-order valence-corrected chi connectivity index (χ2v) is 5.49. The van der Waals surface area contributed by atoms with Crippen molar-refractivity contribution in [3.63, 3.8) is 0 Å². The summed E-state index contributed by atoms with van der Waals surface area (Å²) in [6.45, 7) is 4.19. The van der Waals surface area contributed by atoms with Gasteiger partial charge in [-0.25, -0.2) is 0 Å². The van der Waals surface area contributed by atoms with Crippen LogP contribution in [0.4, 0.5) is 5.69 Å². The zero-order valence-electron chi connectivity index (χ0n) is 13.4. The van der Waals surface area contributed by atoms with E-state index in [0.29, 0.717) is 23.6 Å². The molecule has 0 spiro atoms. The van der Waals surface area contributed by atoms with Gasteiger partial charge in [-0.15, -0.1) is 0 Å². The van der Waals surface area contributed by atoms with E-state index in [1.165, 1.54) is 0 Å². The third kappa shape index (κ3) is 3.06. The fourth-order valence-corrected chi connectivity index (χ4v) is 2.55. The van der Waals surface area contributed by atoms with Crippen molar-refractivity contribution in [2.45, 2.75) is 20.4 Å². The summed E-state index contributed by atoms with van der Waals surface area (Å²) >= 11 is 0. The highest BCUT2D eigenvalue weighted by molar-refractivity contribution is 5.70. The molecule has 0 amide bonds. The van der Waals surface area contributed by atoms with Crippen LogP contribution in [0.2, 0.25) is 0 Å². The molecule has 2 aromatic heterocycles. The lowest BCUT2D eigenvalue weighted by molar-refractivity contribution is 0.393. The predicted molar refractivity (Wildman–Crippen MR) is 90.5 cm³/mol. The second-order valence-electron chi connectivity index (χ2n) is 5.49. The summed E-state index contributed by atoms with van der Waals surface area (Å²) in [7, 11) is 0. The highest BCUT2D eigenvalue weighted by Gasteiger charge is 2.13. The SMILES string of the molecule is Cc1noc(C)c1-c1c[nH]c(=O)c(NCc2ccc(C#N)cc2)c1. The zero-order valence-corrected chi connectivity index (χ0v) is 13.4. The molecule has 0 saturated carbocycles. The van der Waals surface area contributed by atoms with Crippen LogP contribution < -0.4 is 10.9 Å². The van der Waals surface area contributed by atoms with Gasteiger partial charge in [0.15, 0.2) is 0 Å². The molecule has 0 bridgehead atoms. The quantitative estimate of drug-likeness (QED) is 0.770. The zero-order chi connectivity index (χ0) is 17.1. The number of hydrogen-bond donors (Lipinski definition) is 2. The first-order valence-electron chi connectivity index (χ1n) is 7.47. The number of aromatic nitrogens is 2. The minimum absolute atomic E-state index is 0.195. The van der Waals surface area contributed by atoms with Gasteiger partial charge in [-0.1, -0.05) is 17.3 Å². The Kier molecular flexibility index (Phi) is 4.17. The molecule has 2 heterocycles. The molecule has 0 aliphatic carbocycles. The molecule has 120 valence electrons. The fourth-order valence-electron chi connectivity index (χ4n) is 2.55. The first-order chi connectivity index (χ1) is 11.6. The third-order valence-corrected chi connectivity index (χ3v) is 3.79. The van der Waals surface area contributed by atoms with Crippen molar-refractivity contribution >= 4 is 5.69 Å². The van der Waals surface area contributed by atoms with Gasteiger partial charge in [0, 0.05) is 23.9 Å². The van der Waals surface area contributed by atoms with E-state index in [1.807, 2.05) is 26.0 Å². The minimum Gasteiger partial charge on any atom is -0.376 e. The molecule has 0 aliphatic heterocycles. The van der Waals surface area contributed by atoms with Gasteiger partial charge in [0.05, 0.1) is 17.3 Å². The fraction of sp³-hybridized carbons (Fsp3) is 0.167. The number of pyridine rings is 1. The van der Waals surface area contributed by atoms with Crippen LogP contribution in [0, 0.1) is 25.2 Å². The molecular formula is C18H16N4O2. The lowest BCUT2D eigenvalue weighted by Crippen LogP contribution is -2.13. The molecule has 0 saturated heterocycles. The predicted octanol–water partition coefficient (Wildman–Crippen LogP) is 3.13. The Morgan fingerprint density at radius 2 is 2.04 bits per heavy atom. The highest BCUT2D eigenvalue weighted by atomic mass is 16.5. The summed E-state index contributed by atoms with van der Waals surface area (Å²) in [6, 6.07) is 11.1. The normalized spacial score (nSPS) is 10.4. The van der Waals surface area contributed by atoms with Gasteiger partial charge in [0.2, 0.25) is 0 Å². The molecule has 0 unspecified atom stereocenters. The van der Waals surface area contributed by atoms with Gasteiger partial charge < -0.3 is 14.8 Å². The number of aryl methyl sites for hydroxylation is 2. The van der Waals surface area contributed by atoms with Crippen LogP contribution in [-0.2, 0) is 6.54 Å². The van der Waals surface area contributed by atoms with Crippen molar-refractivity contribution < 1.29 is 4.52 Å². The Morgan fingerprint density at radius 1 is 1.29 bits per heavy atom. The standard InChI is InChI=1S/C18H16N4O2/c1-11-17(12(2)24-22-11)15-7-16(18(23)21-10-15)20-9-14-5-3-13(8-19)4-6-14/h3-7,10,20H,9H2,1-2H3,(H,21,23). The molecule has 24 heavy (non-hydrogen) atoms. The van der Waals surface area contributed by atoms with E-state index in [1.54, 1.807) is 24.4 Å². The van der Waals surface area contributed by atoms with Crippen LogP contribution in [-0.4, -0.2) is 10.1 Å². The van der Waals surface area contributed by atoms with Crippen LogP contribution in [0.5, 0.6) is 0 Å². The Morgan fingerprint density at radius 3 is 2.67 bits per heavy atom. The number of nitrogens with one attached hydrogen (secondary N) is 2. The molecule has 3 rings (SSSR count). The first kappa shape index (κ1) is 15.6. The number of nitriles is 1. The average Bonchev–Trinajstić information content (AvgIpc) is 2.93. The van der Waals surface area contributed by atoms with E-state index >= 15 is 0 Å². The summed E-state index contributed by atoms with van der Waals surface area (Å²) in [5, 5.41) is 15.9. The van der Waals surface area contributed by atoms with Crippen molar-refractivity contribution in [2.24, 2.45) is 0 Å². The van der Waals surface area contributed by atoms with E-state index in [-0.39, 0.29) is 5.56 Å². The van der Waals surface area contributed by atoms with E-state index in [4.69, 9.17) is 9.78 Å². The monoisotopic (exact) mass is 320 g/mol. The number of anilines is 1. The summed E-state index contributed by atoms with van der Waals surface area (Å²) in [5.41, 5.74) is 4.36. The van der Waals surface area contributed by atoms with Gasteiger partial charge in [-0.05, 0) is 37.6 Å². The first-order valence-corrected chi connectivity index (χ1v) is 7.47. The molecule has 3 aromatic rings. The minimum atomic E-state index is -0.195. The van der Waals surface area contributed by atoms with Gasteiger partial charge in [0.25, 0.3) is 5.56 Å². The van der Waals surface area contributed by atoms with E-state index in [9.17, 15) is 4.79 Å². The highest BCUT2D eigenvalue weighted by Crippen LogP contribution is 2.26. The third-order valence-electron chi connectivity index (χ3n) is 3.79. The number of rotatable bonds is 4. The Hall–Kier alpha value is -3.33. The Balaban J connectivity index is 1.84. The molecule has 0 fully saturated rings. The van der Waals surface area contributed by atoms with Crippen LogP contribution in [0.3, 0.4) is 0 Å². The Labute approximate surface area is 138 Å². The van der Waals surface area contributed by atoms with E-state index in [2.05, 4.69) is 21.5 Å². The van der Waals surface area contributed by atoms with Crippen molar-refractivity contribution in [3.8, 4) is 17.2 Å². The van der Waals surface area contributed by atoms with E-state index < -0.39 is 0 Å². The molecule has 6 heteroatoms. The largest absolute Gasteiger partial charge is 0.376 e. The number of aromatic amines is 1. The molecule has 0 atom stereocenters. The summed E-state index contributed by atoms with van der Waals surface area (Å²) in [4.78, 5) is 14.8. The maximum Gasteiger partial charge on any atom is 0.271 e. The topological polar surface area (TPSA) is 94.7 Å². The molecular weight excluding hydrogens is 304 g/mol. The van der Waals surface area contributed by atoms with Gasteiger partial charge in [-0.2, -0.15) is 5.26 Å². The Bertz CT molecular complexity index is 942. The number of nitrogens with zero attached hydrogens (tertiary/aromatic N) is 2. The number of hydrogen-bond acceptors (Lipinski definition) is 5. The lowest BCUT2D eigenvalue weighted by atomic mass is 10.1. The van der Waals surface area contributed by atoms with Crippen LogP contribution >= 0.6 is 0 Å². The molecule has 1 aromatic carbocycles. The van der Waals surface area contributed by atoms with Crippen molar-refractivity contribution in [2.75, 3.05) is 5.32 Å². The molecule has 0 radical (unpaired) electrons. The van der Waals surface area contributed by atoms with Gasteiger partial charge >= 0.3 is 0 Å². The smallest absolute Gasteiger partial charge is 0.271 e. The summed E-state index contributed by atoms with van der Waals surface area (Å²) < 4.78 is 5.18. The number of H-pyrrole nitrogens is 1. The number of benzene rings is 1. The summed E-state index contributed by atoms with van der Waals surface area (Å²) in [6.07, 6.45) is 1.65. The van der Waals surface area contributed by atoms with Crippen LogP contribution in [0.15, 0.2) is 45.8 Å². The molecule has 6 nitrogen and oxygen atoms in total. The van der Waals surface area contributed by atoms with Crippen molar-refractivity contribution in [1.29, 1.82) is 5.26 Å². The summed E-state index contributed by atoms with van der Waals surface area (Å²) in [5.74, 6) is 0.706. The lowest BCUT2D eigenvalue weighted by Gasteiger charge is -2.08. The second kappa shape index (κ2) is 6.42. The molecule has 0 aliphatic rings. The van der Waals surface area contributed by atoms with Crippen molar-refractivity contribution in [1.82, 2.24) is 10.1 Å². The maximum atomic E-state index is 12.0.